The normalized spacial score (nSPS) is 10.2. The molecule has 0 amide bonds. The molecule has 152 valence electrons. The first kappa shape index (κ1) is 20.7. The van der Waals surface area contributed by atoms with Crippen LogP contribution in [0.25, 0.3) is 0 Å². The van der Waals surface area contributed by atoms with E-state index in [1.54, 1.807) is 13.2 Å². The molecule has 7 heteroatoms. The first-order valence-electron chi connectivity index (χ1n) is 9.25. The maximum Gasteiger partial charge on any atom is 0.270 e. The number of nitrogens with zero attached hydrogens (tertiary/aromatic N) is 3. The van der Waals surface area contributed by atoms with E-state index < -0.39 is 4.92 Å². The van der Waals surface area contributed by atoms with Crippen LogP contribution in [-0.4, -0.2) is 19.1 Å². The lowest BCUT2D eigenvalue weighted by Gasteiger charge is -2.21. The molecule has 0 fully saturated rings. The van der Waals surface area contributed by atoms with Gasteiger partial charge < -0.3 is 14.4 Å². The van der Waals surface area contributed by atoms with Gasteiger partial charge in [-0.05, 0) is 29.3 Å². The predicted octanol–water partition coefficient (Wildman–Crippen LogP) is 4.69. The SMILES string of the molecule is COc1cc(CN(C)c2ccc([N+](=O)[O-])cc2C#N)ccc1OCc1ccccc1. The molecule has 0 saturated carbocycles. The molecule has 0 heterocycles. The molecule has 0 aliphatic rings. The second-order valence-electron chi connectivity index (χ2n) is 6.69. The van der Waals surface area contributed by atoms with Gasteiger partial charge in [0.2, 0.25) is 0 Å². The molecule has 0 aromatic heterocycles. The number of ether oxygens (including phenoxy) is 2. The number of nitro groups is 1. The van der Waals surface area contributed by atoms with E-state index in [0.29, 0.717) is 30.3 Å². The first-order valence-corrected chi connectivity index (χ1v) is 9.25. The highest BCUT2D eigenvalue weighted by molar-refractivity contribution is 5.63. The van der Waals surface area contributed by atoms with E-state index in [2.05, 4.69) is 0 Å². The van der Waals surface area contributed by atoms with E-state index in [9.17, 15) is 15.4 Å². The van der Waals surface area contributed by atoms with Crippen molar-refractivity contribution in [2.24, 2.45) is 0 Å². The zero-order chi connectivity index (χ0) is 21.5. The molecule has 3 aromatic carbocycles. The molecule has 0 aliphatic heterocycles. The van der Waals surface area contributed by atoms with Crippen LogP contribution in [0.15, 0.2) is 66.7 Å². The minimum absolute atomic E-state index is 0.106. The lowest BCUT2D eigenvalue weighted by Crippen LogP contribution is -2.17. The topological polar surface area (TPSA) is 88.6 Å². The summed E-state index contributed by atoms with van der Waals surface area (Å²) in [6.45, 7) is 0.923. The van der Waals surface area contributed by atoms with Crippen molar-refractivity contribution in [3.05, 3.63) is 93.5 Å². The Morgan fingerprint density at radius 1 is 1.03 bits per heavy atom. The zero-order valence-electron chi connectivity index (χ0n) is 16.7. The molecule has 0 aliphatic carbocycles. The summed E-state index contributed by atoms with van der Waals surface area (Å²) >= 11 is 0. The van der Waals surface area contributed by atoms with Gasteiger partial charge in [0.1, 0.15) is 12.7 Å². The van der Waals surface area contributed by atoms with Gasteiger partial charge in [0, 0.05) is 25.7 Å². The Bertz CT molecular complexity index is 1080. The van der Waals surface area contributed by atoms with Crippen LogP contribution >= 0.6 is 0 Å². The number of rotatable bonds is 8. The summed E-state index contributed by atoms with van der Waals surface area (Å²) in [5.74, 6) is 1.25. The molecule has 0 N–H and O–H groups in total. The van der Waals surface area contributed by atoms with Crippen molar-refractivity contribution in [3.8, 4) is 17.6 Å². The maximum absolute atomic E-state index is 10.9. The third-order valence-electron chi connectivity index (χ3n) is 4.61. The Morgan fingerprint density at radius 2 is 1.80 bits per heavy atom. The van der Waals surface area contributed by atoms with Crippen molar-refractivity contribution in [2.75, 3.05) is 19.1 Å². The summed E-state index contributed by atoms with van der Waals surface area (Å²) in [5.41, 5.74) is 2.77. The van der Waals surface area contributed by atoms with Crippen molar-refractivity contribution in [3.63, 3.8) is 0 Å². The Kier molecular flexibility index (Phi) is 6.50. The fourth-order valence-electron chi connectivity index (χ4n) is 3.08. The van der Waals surface area contributed by atoms with Crippen molar-refractivity contribution in [1.29, 1.82) is 5.26 Å². The molecule has 0 saturated heterocycles. The molecular weight excluding hydrogens is 382 g/mol. The maximum atomic E-state index is 10.9. The summed E-state index contributed by atoms with van der Waals surface area (Å²) in [6, 6.07) is 21.8. The Hall–Kier alpha value is -4.05. The average Bonchev–Trinajstić information content (AvgIpc) is 2.78. The van der Waals surface area contributed by atoms with Crippen LogP contribution in [0.5, 0.6) is 11.5 Å². The standard InChI is InChI=1S/C23H21N3O4/c1-25(21-10-9-20(26(27)28)13-19(21)14-24)15-18-8-11-22(23(12-18)29-2)30-16-17-6-4-3-5-7-17/h3-13H,15-16H2,1-2H3. The third-order valence-corrected chi connectivity index (χ3v) is 4.61. The van der Waals surface area contributed by atoms with Crippen LogP contribution in [0.4, 0.5) is 11.4 Å². The highest BCUT2D eigenvalue weighted by atomic mass is 16.6. The van der Waals surface area contributed by atoms with Gasteiger partial charge in [-0.3, -0.25) is 10.1 Å². The van der Waals surface area contributed by atoms with Crippen LogP contribution in [0.2, 0.25) is 0 Å². The van der Waals surface area contributed by atoms with Gasteiger partial charge in [-0.2, -0.15) is 5.26 Å². The van der Waals surface area contributed by atoms with Gasteiger partial charge in [0.15, 0.2) is 11.5 Å². The molecule has 0 atom stereocenters. The van der Waals surface area contributed by atoms with Crippen molar-refractivity contribution in [2.45, 2.75) is 13.2 Å². The fourth-order valence-corrected chi connectivity index (χ4v) is 3.08. The number of methoxy groups -OCH3 is 1. The number of benzene rings is 3. The quantitative estimate of drug-likeness (QED) is 0.400. The molecule has 0 radical (unpaired) electrons. The average molecular weight is 403 g/mol. The van der Waals surface area contributed by atoms with E-state index in [0.717, 1.165) is 11.1 Å². The van der Waals surface area contributed by atoms with Crippen LogP contribution in [0.3, 0.4) is 0 Å². The number of hydrogen-bond donors (Lipinski definition) is 0. The number of hydrogen-bond acceptors (Lipinski definition) is 6. The lowest BCUT2D eigenvalue weighted by molar-refractivity contribution is -0.384. The molecule has 7 nitrogen and oxygen atoms in total. The van der Waals surface area contributed by atoms with Gasteiger partial charge in [-0.15, -0.1) is 0 Å². The number of nitro benzene ring substituents is 1. The van der Waals surface area contributed by atoms with Crippen LogP contribution in [0, 0.1) is 21.4 Å². The zero-order valence-corrected chi connectivity index (χ0v) is 16.7. The van der Waals surface area contributed by atoms with E-state index >= 15 is 0 Å². The van der Waals surface area contributed by atoms with Gasteiger partial charge >= 0.3 is 0 Å². The summed E-state index contributed by atoms with van der Waals surface area (Å²) < 4.78 is 11.4. The predicted molar refractivity (Wildman–Crippen MR) is 114 cm³/mol. The Morgan fingerprint density at radius 3 is 2.47 bits per heavy atom. The van der Waals surface area contributed by atoms with Gasteiger partial charge in [-0.25, -0.2) is 0 Å². The van der Waals surface area contributed by atoms with Crippen molar-refractivity contribution in [1.82, 2.24) is 0 Å². The van der Waals surface area contributed by atoms with Gasteiger partial charge in [0.25, 0.3) is 5.69 Å². The van der Waals surface area contributed by atoms with E-state index in [1.165, 1.54) is 12.1 Å². The molecule has 30 heavy (non-hydrogen) atoms. The largest absolute Gasteiger partial charge is 0.493 e. The van der Waals surface area contributed by atoms with Crippen LogP contribution < -0.4 is 14.4 Å². The molecule has 0 unspecified atom stereocenters. The fraction of sp³-hybridized carbons (Fsp3) is 0.174. The number of non-ortho nitro benzene ring substituents is 1. The summed E-state index contributed by atoms with van der Waals surface area (Å²) in [5, 5.41) is 20.3. The molecule has 3 rings (SSSR count). The van der Waals surface area contributed by atoms with Crippen LogP contribution in [0.1, 0.15) is 16.7 Å². The lowest BCUT2D eigenvalue weighted by atomic mass is 10.1. The van der Waals surface area contributed by atoms with Gasteiger partial charge in [0.05, 0.1) is 23.3 Å². The Balaban J connectivity index is 1.75. The molecular formula is C23H21N3O4. The molecule has 3 aromatic rings. The number of nitriles is 1. The highest BCUT2D eigenvalue weighted by Gasteiger charge is 2.15. The van der Waals surface area contributed by atoms with Gasteiger partial charge in [-0.1, -0.05) is 36.4 Å². The first-order chi connectivity index (χ1) is 14.5. The summed E-state index contributed by atoms with van der Waals surface area (Å²) in [6.07, 6.45) is 0. The minimum atomic E-state index is -0.510. The monoisotopic (exact) mass is 403 g/mol. The minimum Gasteiger partial charge on any atom is -0.493 e. The second-order valence-corrected chi connectivity index (χ2v) is 6.69. The molecule has 0 spiro atoms. The highest BCUT2D eigenvalue weighted by Crippen LogP contribution is 2.31. The smallest absolute Gasteiger partial charge is 0.270 e. The summed E-state index contributed by atoms with van der Waals surface area (Å²) in [4.78, 5) is 12.3. The van der Waals surface area contributed by atoms with Crippen molar-refractivity contribution < 1.29 is 14.4 Å². The Labute approximate surface area is 174 Å². The third kappa shape index (κ3) is 4.86. The van der Waals surface area contributed by atoms with E-state index in [-0.39, 0.29) is 11.3 Å². The number of anilines is 1. The second kappa shape index (κ2) is 9.43. The van der Waals surface area contributed by atoms with E-state index in [4.69, 9.17) is 9.47 Å². The summed E-state index contributed by atoms with van der Waals surface area (Å²) in [7, 11) is 3.41. The van der Waals surface area contributed by atoms with Crippen LogP contribution in [-0.2, 0) is 13.2 Å². The van der Waals surface area contributed by atoms with Crippen molar-refractivity contribution >= 4 is 11.4 Å². The molecule has 0 bridgehead atoms. The van der Waals surface area contributed by atoms with E-state index in [1.807, 2.05) is 66.5 Å².